The number of carbonyl (C=O) groups is 1. The molecule has 0 saturated carbocycles. The van der Waals surface area contributed by atoms with Crippen molar-refractivity contribution in [2.75, 3.05) is 0 Å². The van der Waals surface area contributed by atoms with Crippen LogP contribution in [0, 0.1) is 0 Å². The van der Waals surface area contributed by atoms with Gasteiger partial charge in [-0.05, 0) is 35.2 Å². The third kappa shape index (κ3) is 2.33. The van der Waals surface area contributed by atoms with Crippen molar-refractivity contribution in [3.63, 3.8) is 0 Å². The summed E-state index contributed by atoms with van der Waals surface area (Å²) in [4.78, 5) is 14.9. The minimum atomic E-state index is -0.899. The van der Waals surface area contributed by atoms with E-state index in [4.69, 9.17) is 5.11 Å². The van der Waals surface area contributed by atoms with E-state index >= 15 is 0 Å². The van der Waals surface area contributed by atoms with Gasteiger partial charge < -0.3 is 9.67 Å². The summed E-state index contributed by atoms with van der Waals surface area (Å²) in [6.45, 7) is 0.750. The Morgan fingerprint density at radius 1 is 1.11 bits per heavy atom. The van der Waals surface area contributed by atoms with Gasteiger partial charge in [0, 0.05) is 36.7 Å². The van der Waals surface area contributed by atoms with Gasteiger partial charge in [0.2, 0.25) is 0 Å². The number of rotatable bonds is 3. The molecule has 3 rings (SSSR count). The van der Waals surface area contributed by atoms with E-state index in [1.165, 1.54) is 0 Å². The Morgan fingerprint density at radius 3 is 2.58 bits per heavy atom. The van der Waals surface area contributed by atoms with Crippen molar-refractivity contribution in [3.05, 3.63) is 66.2 Å². The Kier molecular flexibility index (Phi) is 2.76. The number of pyridine rings is 1. The molecule has 0 unspecified atom stereocenters. The Balaban J connectivity index is 1.95. The Hall–Kier alpha value is -2.62. The first-order valence-electron chi connectivity index (χ1n) is 5.94. The van der Waals surface area contributed by atoms with Gasteiger partial charge in [0.05, 0.1) is 5.56 Å². The first-order chi connectivity index (χ1) is 9.22. The molecule has 0 saturated heterocycles. The summed E-state index contributed by atoms with van der Waals surface area (Å²) >= 11 is 0. The summed E-state index contributed by atoms with van der Waals surface area (Å²) in [6.07, 6.45) is 7.51. The molecule has 0 aliphatic carbocycles. The maximum absolute atomic E-state index is 10.9. The van der Waals surface area contributed by atoms with Gasteiger partial charge in [-0.15, -0.1) is 0 Å². The van der Waals surface area contributed by atoms with Crippen LogP contribution < -0.4 is 0 Å². The largest absolute Gasteiger partial charge is 0.478 e. The molecule has 0 fully saturated rings. The molecule has 3 aromatic rings. The summed E-state index contributed by atoms with van der Waals surface area (Å²) in [5.41, 5.74) is 1.47. The molecule has 0 spiro atoms. The molecular weight excluding hydrogens is 240 g/mol. The maximum atomic E-state index is 10.9. The van der Waals surface area contributed by atoms with Crippen LogP contribution in [0.25, 0.3) is 10.8 Å². The standard InChI is InChI=1S/C15H12N2O2/c18-15(19)12-1-2-13-9-17(10-14(13)7-12)8-11-3-5-16-6-4-11/h1-7,9-10H,8H2,(H,18,19). The van der Waals surface area contributed by atoms with Crippen LogP contribution in [0.3, 0.4) is 0 Å². The van der Waals surface area contributed by atoms with Crippen LogP contribution in [0.5, 0.6) is 0 Å². The van der Waals surface area contributed by atoms with Gasteiger partial charge in [-0.25, -0.2) is 4.79 Å². The van der Waals surface area contributed by atoms with Crippen molar-refractivity contribution >= 4 is 16.7 Å². The fourth-order valence-electron chi connectivity index (χ4n) is 2.12. The number of benzene rings is 1. The number of hydrogen-bond acceptors (Lipinski definition) is 2. The van der Waals surface area contributed by atoms with Crippen LogP contribution in [0.15, 0.2) is 55.1 Å². The number of hydrogen-bond donors (Lipinski definition) is 1. The minimum absolute atomic E-state index is 0.314. The number of carboxylic acid groups (broad SMARTS) is 1. The third-order valence-corrected chi connectivity index (χ3v) is 3.06. The molecule has 0 aliphatic rings. The first-order valence-corrected chi connectivity index (χ1v) is 5.94. The van der Waals surface area contributed by atoms with E-state index in [2.05, 4.69) is 4.98 Å². The lowest BCUT2D eigenvalue weighted by Crippen LogP contribution is -1.95. The molecule has 19 heavy (non-hydrogen) atoms. The second-order valence-electron chi connectivity index (χ2n) is 4.43. The normalized spacial score (nSPS) is 10.7. The molecule has 0 bridgehead atoms. The highest BCUT2D eigenvalue weighted by Gasteiger charge is 2.05. The van der Waals surface area contributed by atoms with E-state index in [-0.39, 0.29) is 0 Å². The zero-order chi connectivity index (χ0) is 13.2. The summed E-state index contributed by atoms with van der Waals surface area (Å²) in [6, 6.07) is 9.09. The van der Waals surface area contributed by atoms with Gasteiger partial charge >= 0.3 is 5.97 Å². The Labute approximate surface area is 109 Å². The molecule has 94 valence electrons. The van der Waals surface area contributed by atoms with Crippen LogP contribution in [-0.4, -0.2) is 20.6 Å². The molecular formula is C15H12N2O2. The smallest absolute Gasteiger partial charge is 0.335 e. The van der Waals surface area contributed by atoms with Gasteiger partial charge in [-0.3, -0.25) is 4.98 Å². The molecule has 1 aromatic carbocycles. The van der Waals surface area contributed by atoms with E-state index < -0.39 is 5.97 Å². The van der Waals surface area contributed by atoms with E-state index in [1.54, 1.807) is 24.5 Å². The van der Waals surface area contributed by atoms with Crippen molar-refractivity contribution in [2.45, 2.75) is 6.54 Å². The van der Waals surface area contributed by atoms with Crippen LogP contribution in [0.2, 0.25) is 0 Å². The summed E-state index contributed by atoms with van der Waals surface area (Å²) < 4.78 is 2.05. The number of carboxylic acids is 1. The molecule has 0 aliphatic heterocycles. The predicted octanol–water partition coefficient (Wildman–Crippen LogP) is 2.78. The molecule has 1 N–H and O–H groups in total. The lowest BCUT2D eigenvalue weighted by molar-refractivity contribution is 0.0697. The fourth-order valence-corrected chi connectivity index (χ4v) is 2.12. The monoisotopic (exact) mass is 252 g/mol. The number of aromatic carboxylic acids is 1. The van der Waals surface area contributed by atoms with Crippen molar-refractivity contribution in [3.8, 4) is 0 Å². The Bertz CT molecular complexity index is 732. The lowest BCUT2D eigenvalue weighted by atomic mass is 10.1. The van der Waals surface area contributed by atoms with Crippen LogP contribution in [0.1, 0.15) is 15.9 Å². The topological polar surface area (TPSA) is 55.1 Å². The van der Waals surface area contributed by atoms with E-state index in [1.807, 2.05) is 35.2 Å². The van der Waals surface area contributed by atoms with Gasteiger partial charge in [0.1, 0.15) is 0 Å². The van der Waals surface area contributed by atoms with Gasteiger partial charge in [0.25, 0.3) is 0 Å². The van der Waals surface area contributed by atoms with Crippen LogP contribution in [-0.2, 0) is 6.54 Å². The molecule has 4 nitrogen and oxygen atoms in total. The van der Waals surface area contributed by atoms with Crippen molar-refractivity contribution in [2.24, 2.45) is 0 Å². The SMILES string of the molecule is O=C(O)c1ccc2cn(Cc3ccncc3)cc2c1. The maximum Gasteiger partial charge on any atom is 0.335 e. The summed E-state index contributed by atoms with van der Waals surface area (Å²) in [5.74, 6) is -0.899. The van der Waals surface area contributed by atoms with Crippen LogP contribution in [0.4, 0.5) is 0 Å². The average molecular weight is 252 g/mol. The summed E-state index contributed by atoms with van der Waals surface area (Å²) in [7, 11) is 0. The summed E-state index contributed by atoms with van der Waals surface area (Å²) in [5, 5.41) is 11.0. The molecule has 0 amide bonds. The quantitative estimate of drug-likeness (QED) is 0.779. The van der Waals surface area contributed by atoms with E-state index in [0.717, 1.165) is 22.9 Å². The average Bonchev–Trinajstić information content (AvgIpc) is 2.80. The second-order valence-corrected chi connectivity index (χ2v) is 4.43. The highest BCUT2D eigenvalue weighted by atomic mass is 16.4. The molecule has 2 aromatic heterocycles. The zero-order valence-corrected chi connectivity index (χ0v) is 10.2. The van der Waals surface area contributed by atoms with Crippen molar-refractivity contribution in [1.29, 1.82) is 0 Å². The van der Waals surface area contributed by atoms with E-state index in [0.29, 0.717) is 5.56 Å². The number of aromatic nitrogens is 2. The first kappa shape index (κ1) is 11.5. The highest BCUT2D eigenvalue weighted by Crippen LogP contribution is 2.18. The van der Waals surface area contributed by atoms with Gasteiger partial charge in [0.15, 0.2) is 0 Å². The predicted molar refractivity (Wildman–Crippen MR) is 72.2 cm³/mol. The molecule has 4 heteroatoms. The van der Waals surface area contributed by atoms with Crippen molar-refractivity contribution < 1.29 is 9.90 Å². The highest BCUT2D eigenvalue weighted by molar-refractivity contribution is 5.94. The van der Waals surface area contributed by atoms with Gasteiger partial charge in [-0.1, -0.05) is 6.07 Å². The van der Waals surface area contributed by atoms with Gasteiger partial charge in [-0.2, -0.15) is 0 Å². The van der Waals surface area contributed by atoms with E-state index in [9.17, 15) is 4.79 Å². The van der Waals surface area contributed by atoms with Crippen LogP contribution >= 0.6 is 0 Å². The molecule has 0 atom stereocenters. The third-order valence-electron chi connectivity index (χ3n) is 3.06. The minimum Gasteiger partial charge on any atom is -0.478 e. The lowest BCUT2D eigenvalue weighted by Gasteiger charge is -2.01. The number of nitrogens with zero attached hydrogens (tertiary/aromatic N) is 2. The zero-order valence-electron chi connectivity index (χ0n) is 10.2. The van der Waals surface area contributed by atoms with Crippen molar-refractivity contribution in [1.82, 2.24) is 9.55 Å². The molecule has 2 heterocycles. The molecule has 0 radical (unpaired) electrons. The number of fused-ring (bicyclic) bond motifs is 1. The fraction of sp³-hybridized carbons (Fsp3) is 0.0667. The Morgan fingerprint density at radius 2 is 1.84 bits per heavy atom. The second kappa shape index (κ2) is 4.57.